The Balaban J connectivity index is 1.61. The van der Waals surface area contributed by atoms with E-state index in [0.717, 1.165) is 35.8 Å². The van der Waals surface area contributed by atoms with Crippen molar-refractivity contribution in [2.24, 2.45) is 11.7 Å². The van der Waals surface area contributed by atoms with E-state index in [1.807, 2.05) is 13.8 Å². The molecule has 1 saturated carbocycles. The average molecular weight is 447 g/mol. The van der Waals surface area contributed by atoms with Crippen molar-refractivity contribution >= 4 is 21.8 Å². The van der Waals surface area contributed by atoms with Gasteiger partial charge < -0.3 is 11.1 Å². The lowest BCUT2D eigenvalue weighted by Crippen LogP contribution is -2.40. The van der Waals surface area contributed by atoms with E-state index in [2.05, 4.69) is 58.4 Å². The van der Waals surface area contributed by atoms with Crippen LogP contribution in [0.4, 0.5) is 0 Å². The van der Waals surface area contributed by atoms with Crippen LogP contribution in [0.25, 0.3) is 0 Å². The van der Waals surface area contributed by atoms with Gasteiger partial charge in [0.2, 0.25) is 0 Å². The van der Waals surface area contributed by atoms with Crippen molar-refractivity contribution in [1.29, 1.82) is 0 Å². The van der Waals surface area contributed by atoms with Gasteiger partial charge in [-0.15, -0.1) is 0 Å². The summed E-state index contributed by atoms with van der Waals surface area (Å²) < 4.78 is 2.55. The van der Waals surface area contributed by atoms with Crippen molar-refractivity contribution in [3.63, 3.8) is 0 Å². The number of benzene rings is 1. The number of hydrogen-bond donors (Lipinski definition) is 2. The number of nitrogens with two attached hydrogens (primary N) is 1. The molecule has 0 radical (unpaired) electrons. The van der Waals surface area contributed by atoms with E-state index < -0.39 is 0 Å². The molecule has 0 aliphatic heterocycles. The summed E-state index contributed by atoms with van der Waals surface area (Å²) in [6, 6.07) is 6.66. The highest BCUT2D eigenvalue weighted by Gasteiger charge is 2.29. The lowest BCUT2D eigenvalue weighted by Gasteiger charge is -2.33. The zero-order valence-electron chi connectivity index (χ0n) is 17.3. The van der Waals surface area contributed by atoms with Gasteiger partial charge in [0.25, 0.3) is 5.91 Å². The van der Waals surface area contributed by atoms with Crippen LogP contribution in [0.1, 0.15) is 71.5 Å². The topological polar surface area (TPSA) is 72.9 Å². The summed E-state index contributed by atoms with van der Waals surface area (Å²) in [6.45, 7) is 8.88. The first-order valence-corrected chi connectivity index (χ1v) is 11.0. The first-order valence-electron chi connectivity index (χ1n) is 10.2. The molecule has 5 nitrogen and oxygen atoms in total. The van der Waals surface area contributed by atoms with Crippen molar-refractivity contribution in [2.45, 2.75) is 72.0 Å². The van der Waals surface area contributed by atoms with E-state index in [0.29, 0.717) is 18.2 Å². The number of nitrogens with zero attached hydrogens (tertiary/aromatic N) is 2. The molecule has 0 spiro atoms. The Labute approximate surface area is 176 Å². The number of carbonyl (C=O) groups excluding carboxylic acids is 1. The molecule has 2 aromatic rings. The van der Waals surface area contributed by atoms with Gasteiger partial charge in [-0.2, -0.15) is 5.10 Å². The Morgan fingerprint density at radius 1 is 1.29 bits per heavy atom. The maximum atomic E-state index is 12.8. The lowest BCUT2D eigenvalue weighted by molar-refractivity contribution is 0.0908. The Hall–Kier alpha value is -1.66. The third-order valence-corrected chi connectivity index (χ3v) is 7.14. The Bertz CT molecular complexity index is 852. The molecule has 28 heavy (non-hydrogen) atoms. The Kier molecular flexibility index (Phi) is 6.61. The van der Waals surface area contributed by atoms with Crippen LogP contribution in [0.15, 0.2) is 22.7 Å². The van der Waals surface area contributed by atoms with E-state index >= 15 is 0 Å². The largest absolute Gasteiger partial charge is 0.348 e. The number of hydrogen-bond acceptors (Lipinski definition) is 3. The van der Waals surface area contributed by atoms with Crippen LogP contribution in [0.2, 0.25) is 0 Å². The molecule has 3 N–H and O–H groups in total. The number of aromatic nitrogens is 2. The van der Waals surface area contributed by atoms with Gasteiger partial charge in [-0.05, 0) is 91.9 Å². The summed E-state index contributed by atoms with van der Waals surface area (Å²) in [4.78, 5) is 12.8. The van der Waals surface area contributed by atoms with Gasteiger partial charge in [-0.25, -0.2) is 0 Å². The molecule has 1 aromatic heterocycles. The standard InChI is InChI=1S/C22H31BrN4O/c1-5-27-21(19(23)15(4)26-27)22(28)25-17-11-9-16(10-12-17)20(24)18-8-6-7-13(2)14(18)3/h6-8,16-17,20H,5,9-12,24H2,1-4H3,(H,25,28). The molecular formula is C22H31BrN4O. The predicted octanol–water partition coefficient (Wildman–Crippen LogP) is 4.58. The highest BCUT2D eigenvalue weighted by atomic mass is 79.9. The van der Waals surface area contributed by atoms with Gasteiger partial charge in [0.05, 0.1) is 10.2 Å². The summed E-state index contributed by atoms with van der Waals surface area (Å²) in [5, 5.41) is 7.63. The van der Waals surface area contributed by atoms with E-state index in [9.17, 15) is 4.79 Å². The molecule has 152 valence electrons. The first kappa shape index (κ1) is 21.1. The van der Waals surface area contributed by atoms with Crippen LogP contribution in [0.3, 0.4) is 0 Å². The van der Waals surface area contributed by atoms with Crippen LogP contribution in [0, 0.1) is 26.7 Å². The predicted molar refractivity (Wildman–Crippen MR) is 116 cm³/mol. The second kappa shape index (κ2) is 8.78. The maximum absolute atomic E-state index is 12.8. The second-order valence-corrected chi connectivity index (χ2v) is 8.76. The third-order valence-electron chi connectivity index (χ3n) is 6.19. The molecule has 1 aliphatic rings. The second-order valence-electron chi connectivity index (χ2n) is 7.96. The molecule has 1 heterocycles. The van der Waals surface area contributed by atoms with E-state index in [1.54, 1.807) is 4.68 Å². The van der Waals surface area contributed by atoms with Crippen molar-refractivity contribution < 1.29 is 4.79 Å². The summed E-state index contributed by atoms with van der Waals surface area (Å²) in [5.74, 6) is 0.417. The van der Waals surface area contributed by atoms with Crippen LogP contribution in [-0.4, -0.2) is 21.7 Å². The van der Waals surface area contributed by atoms with Gasteiger partial charge in [0, 0.05) is 18.6 Å². The zero-order chi connectivity index (χ0) is 20.4. The number of rotatable bonds is 5. The number of halogens is 1. The summed E-state index contributed by atoms with van der Waals surface area (Å²) >= 11 is 3.51. The number of amides is 1. The van der Waals surface area contributed by atoms with Crippen molar-refractivity contribution in [3.8, 4) is 0 Å². The molecule has 1 amide bonds. The highest BCUT2D eigenvalue weighted by Crippen LogP contribution is 2.35. The van der Waals surface area contributed by atoms with Gasteiger partial charge >= 0.3 is 0 Å². The molecular weight excluding hydrogens is 416 g/mol. The normalized spacial score (nSPS) is 20.8. The molecule has 1 unspecified atom stereocenters. The van der Waals surface area contributed by atoms with Crippen LogP contribution < -0.4 is 11.1 Å². The summed E-state index contributed by atoms with van der Waals surface area (Å²) in [6.07, 6.45) is 4.00. The van der Waals surface area contributed by atoms with Crippen molar-refractivity contribution in [1.82, 2.24) is 15.1 Å². The monoisotopic (exact) mass is 446 g/mol. The minimum Gasteiger partial charge on any atom is -0.348 e. The number of aryl methyl sites for hydroxylation is 3. The molecule has 1 fully saturated rings. The quantitative estimate of drug-likeness (QED) is 0.705. The van der Waals surface area contributed by atoms with E-state index in [1.165, 1.54) is 16.7 Å². The number of nitrogens with one attached hydrogen (secondary N) is 1. The molecule has 1 aromatic carbocycles. The average Bonchev–Trinajstić information content (AvgIpc) is 2.98. The summed E-state index contributed by atoms with van der Waals surface area (Å²) in [7, 11) is 0. The molecule has 3 rings (SSSR count). The van der Waals surface area contributed by atoms with Gasteiger partial charge in [0.15, 0.2) is 0 Å². The first-order chi connectivity index (χ1) is 13.3. The van der Waals surface area contributed by atoms with Gasteiger partial charge in [0.1, 0.15) is 5.69 Å². The molecule has 6 heteroatoms. The Morgan fingerprint density at radius 2 is 1.96 bits per heavy atom. The smallest absolute Gasteiger partial charge is 0.270 e. The fourth-order valence-electron chi connectivity index (χ4n) is 4.27. The van der Waals surface area contributed by atoms with E-state index in [4.69, 9.17) is 5.73 Å². The van der Waals surface area contributed by atoms with Crippen LogP contribution >= 0.6 is 15.9 Å². The van der Waals surface area contributed by atoms with Crippen LogP contribution in [-0.2, 0) is 6.54 Å². The molecule has 0 saturated heterocycles. The number of carbonyl (C=O) groups is 1. The highest BCUT2D eigenvalue weighted by molar-refractivity contribution is 9.10. The maximum Gasteiger partial charge on any atom is 0.270 e. The fourth-order valence-corrected chi connectivity index (χ4v) is 4.73. The molecule has 1 aliphatic carbocycles. The van der Waals surface area contributed by atoms with E-state index in [-0.39, 0.29) is 18.0 Å². The minimum atomic E-state index is -0.0448. The fraction of sp³-hybridized carbons (Fsp3) is 0.545. The van der Waals surface area contributed by atoms with Gasteiger partial charge in [-0.3, -0.25) is 9.48 Å². The van der Waals surface area contributed by atoms with Crippen molar-refractivity contribution in [3.05, 3.63) is 50.8 Å². The van der Waals surface area contributed by atoms with Crippen molar-refractivity contribution in [2.75, 3.05) is 0 Å². The zero-order valence-corrected chi connectivity index (χ0v) is 18.8. The Morgan fingerprint density at radius 3 is 2.61 bits per heavy atom. The van der Waals surface area contributed by atoms with Gasteiger partial charge in [-0.1, -0.05) is 18.2 Å². The summed E-state index contributed by atoms with van der Waals surface area (Å²) in [5.41, 5.74) is 12.0. The third kappa shape index (κ3) is 4.18. The molecule has 0 bridgehead atoms. The minimum absolute atomic E-state index is 0.0448. The van der Waals surface area contributed by atoms with Crippen LogP contribution in [0.5, 0.6) is 0 Å². The SMILES string of the molecule is CCn1nc(C)c(Br)c1C(=O)NC1CCC(C(N)c2cccc(C)c2C)CC1. The molecule has 1 atom stereocenters. The lowest BCUT2D eigenvalue weighted by atomic mass is 9.78.